The Bertz CT molecular complexity index is 2610. The molecule has 0 spiro atoms. The van der Waals surface area contributed by atoms with E-state index >= 15 is 0 Å². The van der Waals surface area contributed by atoms with Gasteiger partial charge < -0.3 is 0 Å². The van der Waals surface area contributed by atoms with Crippen molar-refractivity contribution in [1.82, 2.24) is 0 Å². The first kappa shape index (κ1) is 69.8. The summed E-state index contributed by atoms with van der Waals surface area (Å²) in [6.45, 7) is 27.6. The fraction of sp³-hybridized carbons (Fsp3) is 0.714. The Hall–Kier alpha value is -2.04. The summed E-state index contributed by atoms with van der Waals surface area (Å²) in [6.07, 6.45) is 38.7. The smallest absolute Gasteiger partial charge is 0.0695 e. The quantitative estimate of drug-likeness (QED) is 0.0650. The van der Waals surface area contributed by atoms with Gasteiger partial charge in [0.15, 0.2) is 0 Å². The van der Waals surface area contributed by atoms with Gasteiger partial charge in [-0.2, -0.15) is 0 Å². The predicted molar refractivity (Wildman–Crippen MR) is 408 cm³/mol. The van der Waals surface area contributed by atoms with Crippen LogP contribution < -0.4 is 20.7 Å². The first-order chi connectivity index (χ1) is 42.9. The lowest BCUT2D eigenvalue weighted by Crippen LogP contribution is -2.55. The number of hydrogen-bond acceptors (Lipinski definition) is 0. The van der Waals surface area contributed by atoms with Crippen molar-refractivity contribution in [3.05, 3.63) is 121 Å². The molecule has 10 aliphatic rings. The maximum absolute atomic E-state index is 2.60. The summed E-state index contributed by atoms with van der Waals surface area (Å²) in [5, 5.41) is 6.53. The molecule has 0 bridgehead atoms. The fourth-order valence-corrected chi connectivity index (χ4v) is 33.7. The summed E-state index contributed by atoms with van der Waals surface area (Å²) >= 11 is 0. The molecule has 0 N–H and O–H groups in total. The third-order valence-electron chi connectivity index (χ3n) is 27.9. The van der Waals surface area contributed by atoms with Gasteiger partial charge in [0.05, 0.1) is 24.2 Å². The molecule has 0 saturated heterocycles. The van der Waals surface area contributed by atoms with Gasteiger partial charge in [-0.1, -0.05) is 328 Å². The molecule has 0 amide bonds. The van der Waals surface area contributed by atoms with Crippen molar-refractivity contribution in [2.24, 2.45) is 88.8 Å². The topological polar surface area (TPSA) is 0 Å². The van der Waals surface area contributed by atoms with E-state index < -0.39 is 40.4 Å². The second-order valence-electron chi connectivity index (χ2n) is 35.6. The molecule has 492 valence electrons. The third kappa shape index (κ3) is 20.7. The molecule has 0 aromatic heterocycles. The van der Waals surface area contributed by atoms with E-state index in [0.717, 1.165) is 65.1 Å². The highest BCUT2D eigenvalue weighted by molar-refractivity contribution is 7.01. The Balaban J connectivity index is 0.000000124. The van der Waals surface area contributed by atoms with Crippen LogP contribution in [0, 0.1) is 88.8 Å². The number of benzene rings is 4. The van der Waals surface area contributed by atoms with Crippen LogP contribution >= 0.6 is 0 Å². The Morgan fingerprint density at radius 1 is 0.270 bits per heavy atom. The first-order valence-corrected chi connectivity index (χ1v) is 54.5. The zero-order chi connectivity index (χ0) is 62.7. The summed E-state index contributed by atoms with van der Waals surface area (Å²) in [5.74, 6) is 16.9. The molecular formula is C84H136Si5. The van der Waals surface area contributed by atoms with Crippen LogP contribution in [0.3, 0.4) is 0 Å². The second kappa shape index (κ2) is 32.1. The van der Waals surface area contributed by atoms with Crippen LogP contribution in [0.1, 0.15) is 188 Å². The molecule has 89 heavy (non-hydrogen) atoms. The lowest BCUT2D eigenvalue weighted by Gasteiger charge is -2.31. The van der Waals surface area contributed by atoms with E-state index in [9.17, 15) is 0 Å². The van der Waals surface area contributed by atoms with Crippen molar-refractivity contribution in [3.63, 3.8) is 0 Å². The van der Waals surface area contributed by atoms with Gasteiger partial charge in [0.25, 0.3) is 0 Å². The van der Waals surface area contributed by atoms with Gasteiger partial charge in [0, 0.05) is 8.07 Å². The maximum atomic E-state index is 2.60. The predicted octanol–water partition coefficient (Wildman–Crippen LogP) is 23.4. The standard InChI is InChI=1S/C22H28Si.C18H28Si.C17H26Si.C15H30Si.C12H24Si/c1-23(21-8-4-2-5-9-21,22-10-6-3-7-11-22)15-14-18-12-13-19-17-20(19)16-18;1-3-19(2,18-7-5-4-6-8-18)12-11-15-9-10-16-14-17(16)13-15;1-18(2,17-6-4-3-5-7-17)11-10-14-8-9-15-13-16(15)12-14;1-4-16(5-2,6-3)10-9-13-7-8-14-12-15(14)11-13;1-13(2,3)7-6-10-4-5-11-9-12(11)8-10/h2-11,18-20H,12-17H2,1H3;4-8,15-17H,3,9-14H2,1-2H3;3-7,14-16H,8-13H2,1-2H3;13-15H,4-12H2,1-3H3;10-12H,4-9H2,1-3H3. The molecule has 0 radical (unpaired) electrons. The van der Waals surface area contributed by atoms with Gasteiger partial charge >= 0.3 is 0 Å². The summed E-state index contributed by atoms with van der Waals surface area (Å²) in [6, 6.07) is 58.9. The Kier molecular flexibility index (Phi) is 25.2. The van der Waals surface area contributed by atoms with Crippen molar-refractivity contribution in [2.45, 2.75) is 288 Å². The van der Waals surface area contributed by atoms with Gasteiger partial charge in [-0.25, -0.2) is 0 Å². The molecule has 16 unspecified atom stereocenters. The monoisotopic (exact) mass is 1280 g/mol. The molecule has 10 aliphatic carbocycles. The number of fused-ring (bicyclic) bond motifs is 5. The van der Waals surface area contributed by atoms with Gasteiger partial charge in [-0.05, 0) is 191 Å². The number of hydrogen-bond donors (Lipinski definition) is 0. The molecule has 0 heterocycles. The minimum Gasteiger partial charge on any atom is -0.0695 e. The van der Waals surface area contributed by atoms with Crippen molar-refractivity contribution in [1.29, 1.82) is 0 Å². The SMILES string of the molecule is CC[Si](C)(CCC1CCC2CC2C1)c1ccccc1.CC[Si](CC)(CC)CCC1CCC2CC2C1.C[Si](C)(C)CCC1CCC2CC2C1.C[Si](C)(CCC1CCC2CC2C1)c1ccccc1.C[Si](CCC1CCC2CC2C1)(c1ccccc1)c1ccccc1. The molecule has 4 aromatic carbocycles. The molecule has 10 saturated carbocycles. The number of rotatable bonds is 23. The molecule has 0 nitrogen and oxygen atoms in total. The van der Waals surface area contributed by atoms with E-state index in [2.05, 4.69) is 195 Å². The normalized spacial score (nSPS) is 31.7. The summed E-state index contributed by atoms with van der Waals surface area (Å²) in [4.78, 5) is 0. The van der Waals surface area contributed by atoms with E-state index in [1.54, 1.807) is 142 Å². The summed E-state index contributed by atoms with van der Waals surface area (Å²) in [7, 11) is -5.52. The van der Waals surface area contributed by atoms with Gasteiger partial charge in [0.1, 0.15) is 8.07 Å². The highest BCUT2D eigenvalue weighted by Crippen LogP contribution is 2.56. The van der Waals surface area contributed by atoms with Crippen molar-refractivity contribution >= 4 is 61.1 Å². The first-order valence-electron chi connectivity index (χ1n) is 39.1. The van der Waals surface area contributed by atoms with E-state index in [4.69, 9.17) is 0 Å². The van der Waals surface area contributed by atoms with Crippen molar-refractivity contribution < 1.29 is 0 Å². The molecule has 14 rings (SSSR count). The largest absolute Gasteiger partial charge is 0.115 e. The van der Waals surface area contributed by atoms with Gasteiger partial charge in [-0.3, -0.25) is 0 Å². The molecule has 10 fully saturated rings. The van der Waals surface area contributed by atoms with E-state index in [0.29, 0.717) is 0 Å². The van der Waals surface area contributed by atoms with Gasteiger partial charge in [0.2, 0.25) is 0 Å². The highest BCUT2D eigenvalue weighted by atomic mass is 28.3. The van der Waals surface area contributed by atoms with Crippen LogP contribution in [0.5, 0.6) is 0 Å². The lowest BCUT2D eigenvalue weighted by atomic mass is 9.87. The van der Waals surface area contributed by atoms with Crippen LogP contribution in [0.4, 0.5) is 0 Å². The van der Waals surface area contributed by atoms with Crippen LogP contribution in [0.25, 0.3) is 0 Å². The minimum absolute atomic E-state index is 0.750. The Labute approximate surface area is 555 Å². The lowest BCUT2D eigenvalue weighted by molar-refractivity contribution is 0.333. The Morgan fingerprint density at radius 3 is 0.876 bits per heavy atom. The zero-order valence-corrected chi connectivity index (χ0v) is 64.7. The Morgan fingerprint density at radius 2 is 0.562 bits per heavy atom. The van der Waals surface area contributed by atoms with Crippen molar-refractivity contribution in [2.75, 3.05) is 0 Å². The van der Waals surface area contributed by atoms with Crippen LogP contribution in [0.2, 0.25) is 100 Å². The van der Waals surface area contributed by atoms with Gasteiger partial charge in [-0.15, -0.1) is 0 Å². The maximum Gasteiger partial charge on any atom is 0.115 e. The van der Waals surface area contributed by atoms with Crippen LogP contribution in [-0.4, -0.2) is 40.4 Å². The van der Waals surface area contributed by atoms with Crippen LogP contribution in [0.15, 0.2) is 121 Å². The average Bonchev–Trinajstić information content (AvgIpc) is 2.87. The molecule has 16 atom stereocenters. The molecular weight excluding hydrogens is 1150 g/mol. The zero-order valence-electron chi connectivity index (χ0n) is 59.7. The second-order valence-corrected chi connectivity index (χ2v) is 60.9. The molecule has 5 heteroatoms. The fourth-order valence-electron chi connectivity index (χ4n) is 19.5. The molecule has 4 aromatic rings. The minimum atomic E-state index is -1.59. The summed E-state index contributed by atoms with van der Waals surface area (Å²) < 4.78 is 0. The molecule has 0 aliphatic heterocycles. The average molecular weight is 1290 g/mol. The van der Waals surface area contributed by atoms with E-state index in [1.165, 1.54) is 117 Å². The summed E-state index contributed by atoms with van der Waals surface area (Å²) in [5.41, 5.74) is 0. The van der Waals surface area contributed by atoms with Crippen molar-refractivity contribution in [3.8, 4) is 0 Å². The highest BCUT2D eigenvalue weighted by Gasteiger charge is 2.46. The van der Waals surface area contributed by atoms with E-state index in [-0.39, 0.29) is 0 Å². The third-order valence-corrected chi connectivity index (χ3v) is 48.1. The van der Waals surface area contributed by atoms with Crippen LogP contribution in [-0.2, 0) is 0 Å². The van der Waals surface area contributed by atoms with E-state index in [1.807, 2.05) is 0 Å².